The van der Waals surface area contributed by atoms with Crippen molar-refractivity contribution in [2.45, 2.75) is 129 Å². The van der Waals surface area contributed by atoms with Crippen LogP contribution in [0.3, 0.4) is 0 Å². The largest absolute Gasteiger partial charge is 0.481 e. The number of carboxylic acid groups (broad SMARTS) is 6. The summed E-state index contributed by atoms with van der Waals surface area (Å²) in [5, 5.41) is 83.5. The average Bonchev–Trinajstić information content (AvgIpc) is 3.52. The topological polar surface area (TPSA) is 303 Å². The van der Waals surface area contributed by atoms with Crippen molar-refractivity contribution in [2.75, 3.05) is 52.4 Å². The summed E-state index contributed by atoms with van der Waals surface area (Å²) >= 11 is 0. The van der Waals surface area contributed by atoms with Gasteiger partial charge in [-0.3, -0.25) is 48.3 Å². The quantitative estimate of drug-likeness (QED) is 0.0560. The molecule has 0 bridgehead atoms. The number of carbonyl (C=O) groups excluding carboxylic acids is 1. The van der Waals surface area contributed by atoms with Crippen LogP contribution in [-0.4, -0.2) is 174 Å². The maximum atomic E-state index is 13.3. The molecular formula is C43H70N4O15. The van der Waals surface area contributed by atoms with Gasteiger partial charge in [-0.1, -0.05) is 27.2 Å². The fourth-order valence-electron chi connectivity index (χ4n) is 12.4. The van der Waals surface area contributed by atoms with Crippen molar-refractivity contribution in [3.63, 3.8) is 0 Å². The highest BCUT2D eigenvalue weighted by Crippen LogP contribution is 2.68. The van der Waals surface area contributed by atoms with Crippen LogP contribution in [0.25, 0.3) is 0 Å². The highest BCUT2D eigenvalue weighted by atomic mass is 16.4. The number of aliphatic hydroxyl groups is 2. The third-order valence-electron chi connectivity index (χ3n) is 15.4. The summed E-state index contributed by atoms with van der Waals surface area (Å²) in [7, 11) is 0. The Labute approximate surface area is 362 Å². The first-order chi connectivity index (χ1) is 29.1. The summed E-state index contributed by atoms with van der Waals surface area (Å²) in [6, 6.07) is -1.30. The van der Waals surface area contributed by atoms with E-state index in [1.54, 1.807) is 0 Å². The Morgan fingerprint density at radius 2 is 1.23 bits per heavy atom. The molecule has 4 rings (SSSR count). The van der Waals surface area contributed by atoms with E-state index in [-0.39, 0.29) is 98.3 Å². The van der Waals surface area contributed by atoms with E-state index in [0.29, 0.717) is 38.5 Å². The Hall–Kier alpha value is -3.91. The van der Waals surface area contributed by atoms with Crippen LogP contribution in [0.5, 0.6) is 0 Å². The molecule has 0 aromatic rings. The molecule has 6 unspecified atom stereocenters. The van der Waals surface area contributed by atoms with Crippen molar-refractivity contribution < 1.29 is 74.4 Å². The Morgan fingerprint density at radius 3 is 1.74 bits per heavy atom. The molecule has 0 heterocycles. The van der Waals surface area contributed by atoms with Gasteiger partial charge in [0.05, 0.1) is 38.4 Å². The van der Waals surface area contributed by atoms with Crippen LogP contribution in [0.1, 0.15) is 104 Å². The number of amides is 1. The van der Waals surface area contributed by atoms with Gasteiger partial charge in [-0.2, -0.15) is 0 Å². The van der Waals surface area contributed by atoms with Gasteiger partial charge < -0.3 is 46.2 Å². The summed E-state index contributed by atoms with van der Waals surface area (Å²) in [6.45, 7) is 3.50. The molecule has 0 radical (unpaired) electrons. The molecule has 0 spiro atoms. The van der Waals surface area contributed by atoms with Gasteiger partial charge in [0.1, 0.15) is 6.04 Å². The van der Waals surface area contributed by atoms with Crippen LogP contribution in [0.4, 0.5) is 0 Å². The van der Waals surface area contributed by atoms with E-state index < -0.39 is 85.7 Å². The van der Waals surface area contributed by atoms with E-state index >= 15 is 0 Å². The predicted molar refractivity (Wildman–Crippen MR) is 221 cm³/mol. The minimum atomic E-state index is -1.29. The summed E-state index contributed by atoms with van der Waals surface area (Å²) in [4.78, 5) is 86.4. The van der Waals surface area contributed by atoms with E-state index in [1.165, 1.54) is 4.90 Å². The third kappa shape index (κ3) is 12.9. The number of aliphatic hydroxyl groups excluding tert-OH is 2. The van der Waals surface area contributed by atoms with Gasteiger partial charge in [0.25, 0.3) is 0 Å². The van der Waals surface area contributed by atoms with E-state index in [1.807, 2.05) is 0 Å². The van der Waals surface area contributed by atoms with Crippen molar-refractivity contribution in [3.05, 3.63) is 0 Å². The fourth-order valence-corrected chi connectivity index (χ4v) is 12.4. The highest BCUT2D eigenvalue weighted by Gasteiger charge is 2.65. The molecule has 12 atom stereocenters. The predicted octanol–water partition coefficient (Wildman–Crippen LogP) is 1.83. The zero-order valence-corrected chi connectivity index (χ0v) is 36.4. The molecule has 352 valence electrons. The number of hydrogen-bond acceptors (Lipinski definition) is 12. The van der Waals surface area contributed by atoms with Crippen LogP contribution >= 0.6 is 0 Å². The first kappa shape index (κ1) is 50.7. The van der Waals surface area contributed by atoms with Gasteiger partial charge >= 0.3 is 35.8 Å². The number of hydrogen-bond donors (Lipinski definition) is 9. The molecule has 0 saturated heterocycles. The number of aliphatic carboxylic acids is 6. The summed E-state index contributed by atoms with van der Waals surface area (Å²) in [5.41, 5.74) is -0.526. The van der Waals surface area contributed by atoms with E-state index in [9.17, 15) is 74.4 Å². The Kier molecular flexibility index (Phi) is 18.1. The van der Waals surface area contributed by atoms with Crippen molar-refractivity contribution >= 4 is 41.7 Å². The zero-order chi connectivity index (χ0) is 46.1. The molecule has 4 aliphatic rings. The van der Waals surface area contributed by atoms with Crippen molar-refractivity contribution in [3.8, 4) is 0 Å². The summed E-state index contributed by atoms with van der Waals surface area (Å²) in [5.74, 6) is -6.65. The maximum Gasteiger partial charge on any atom is 0.320 e. The smallest absolute Gasteiger partial charge is 0.320 e. The number of nitrogens with zero attached hydrogens (tertiary/aromatic N) is 3. The van der Waals surface area contributed by atoms with Crippen LogP contribution < -0.4 is 5.32 Å². The first-order valence-corrected chi connectivity index (χ1v) is 22.2. The molecule has 1 amide bonds. The second-order valence-electron chi connectivity index (χ2n) is 19.2. The lowest BCUT2D eigenvalue weighted by Gasteiger charge is -2.63. The molecule has 19 nitrogen and oxygen atoms in total. The standard InChI is InChI=1S/C43H70N4O15/c1-25(8-11-35(51)52)28-9-10-29-40-30(20-33(49)43(28,29)3)42(2)13-12-27(18-26(42)19-32(40)48)44-34(50)7-5-4-6-31(41(61)62)47(16-14-45(21-36(53)54)22-37(55)56)17-15-46(23-38(57)58)24-39(59)60/h25-33,40,48-49H,4-24H2,1-3H3,(H,44,50)(H,51,52)(H,53,54)(H,55,56)(H,57,58)(H,59,60)(H,61,62)/t25?,26?,27-,28+,29?,30?,31+,32?,33-,40?,42-,43+/m0/s1. The van der Waals surface area contributed by atoms with E-state index in [4.69, 9.17) is 0 Å². The number of rotatable bonds is 26. The van der Waals surface area contributed by atoms with Gasteiger partial charge in [0, 0.05) is 45.1 Å². The Bertz CT molecular complexity index is 1540. The molecule has 9 N–H and O–H groups in total. The van der Waals surface area contributed by atoms with Crippen LogP contribution in [0, 0.1) is 46.3 Å². The molecule has 0 aliphatic heterocycles. The molecule has 62 heavy (non-hydrogen) atoms. The lowest BCUT2D eigenvalue weighted by molar-refractivity contribution is -0.202. The number of carboxylic acids is 6. The lowest BCUT2D eigenvalue weighted by atomic mass is 9.43. The Morgan fingerprint density at radius 1 is 0.661 bits per heavy atom. The normalized spacial score (nSPS) is 31.4. The minimum Gasteiger partial charge on any atom is -0.481 e. The molecule has 19 heteroatoms. The van der Waals surface area contributed by atoms with Gasteiger partial charge in [-0.25, -0.2) is 0 Å². The first-order valence-electron chi connectivity index (χ1n) is 22.2. The molecule has 4 saturated carbocycles. The molecule has 4 aliphatic carbocycles. The fraction of sp³-hybridized carbons (Fsp3) is 0.837. The van der Waals surface area contributed by atoms with Gasteiger partial charge in [0.15, 0.2) is 0 Å². The number of carbonyl (C=O) groups is 7. The third-order valence-corrected chi connectivity index (χ3v) is 15.4. The van der Waals surface area contributed by atoms with E-state index in [0.717, 1.165) is 35.5 Å². The lowest BCUT2D eigenvalue weighted by Crippen LogP contribution is -2.63. The monoisotopic (exact) mass is 882 g/mol. The zero-order valence-electron chi connectivity index (χ0n) is 36.4. The van der Waals surface area contributed by atoms with Crippen molar-refractivity contribution in [1.29, 1.82) is 0 Å². The maximum absolute atomic E-state index is 13.3. The van der Waals surface area contributed by atoms with Gasteiger partial charge in [-0.05, 0) is 111 Å². The van der Waals surface area contributed by atoms with Crippen LogP contribution in [0.2, 0.25) is 0 Å². The Balaban J connectivity index is 1.34. The van der Waals surface area contributed by atoms with Crippen molar-refractivity contribution in [2.24, 2.45) is 46.3 Å². The summed E-state index contributed by atoms with van der Waals surface area (Å²) in [6.07, 6.45) is 5.59. The molecule has 0 aromatic heterocycles. The van der Waals surface area contributed by atoms with Gasteiger partial charge in [-0.15, -0.1) is 0 Å². The SMILES string of the molecule is CC(CCC(=O)O)[C@H]1CCC2C3C(O)CC4C[C@@H](NC(=O)CCCC[C@H](C(=O)O)N(CCN(CC(=O)O)CC(=O)O)CCN(CC(=O)O)CC(=O)O)CC[C@]4(C)C3C[C@H](O)[C@@]21C. The molecule has 4 fully saturated rings. The van der Waals surface area contributed by atoms with Crippen molar-refractivity contribution in [1.82, 2.24) is 20.0 Å². The number of unbranched alkanes of at least 4 members (excludes halogenated alkanes) is 1. The molecule has 0 aromatic carbocycles. The second kappa shape index (κ2) is 22.1. The second-order valence-corrected chi connectivity index (χ2v) is 19.2. The highest BCUT2D eigenvalue weighted by molar-refractivity contribution is 5.76. The van der Waals surface area contributed by atoms with Gasteiger partial charge in [0.2, 0.25) is 5.91 Å². The van der Waals surface area contributed by atoms with E-state index in [2.05, 4.69) is 26.1 Å². The molecular weight excluding hydrogens is 812 g/mol. The number of nitrogens with one attached hydrogen (secondary N) is 1. The average molecular weight is 883 g/mol. The summed E-state index contributed by atoms with van der Waals surface area (Å²) < 4.78 is 0. The number of fused-ring (bicyclic) bond motifs is 5. The van der Waals surface area contributed by atoms with Crippen LogP contribution in [-0.2, 0) is 33.6 Å². The minimum absolute atomic E-state index is 0.0415. The van der Waals surface area contributed by atoms with Crippen LogP contribution in [0.15, 0.2) is 0 Å².